The smallest absolute Gasteiger partial charge is 0.272 e. The molecule has 1 saturated heterocycles. The summed E-state index contributed by atoms with van der Waals surface area (Å²) in [6.45, 7) is 10.2. The molecule has 8 nitrogen and oxygen atoms in total. The highest BCUT2D eigenvalue weighted by Crippen LogP contribution is 2.48. The second-order valence-corrected chi connectivity index (χ2v) is 12.9. The van der Waals surface area contributed by atoms with E-state index in [1.165, 1.54) is 51.1 Å². The Bertz CT molecular complexity index is 1360. The van der Waals surface area contributed by atoms with Gasteiger partial charge in [0.1, 0.15) is 17.6 Å². The van der Waals surface area contributed by atoms with Crippen molar-refractivity contribution in [2.75, 3.05) is 13.1 Å². The van der Waals surface area contributed by atoms with Gasteiger partial charge in [0, 0.05) is 17.7 Å². The van der Waals surface area contributed by atoms with Crippen LogP contribution in [-0.2, 0) is 16.0 Å². The van der Waals surface area contributed by atoms with Crippen LogP contribution in [0.2, 0.25) is 0 Å². The van der Waals surface area contributed by atoms with Gasteiger partial charge < -0.3 is 25.7 Å². The summed E-state index contributed by atoms with van der Waals surface area (Å²) in [6.07, 6.45) is -2.31. The minimum absolute atomic E-state index is 0.0738. The van der Waals surface area contributed by atoms with Gasteiger partial charge in [-0.3, -0.25) is 14.4 Å². The Morgan fingerprint density at radius 1 is 1.12 bits per heavy atom. The van der Waals surface area contributed by atoms with E-state index in [1.54, 1.807) is 6.92 Å². The van der Waals surface area contributed by atoms with Crippen LogP contribution in [0.25, 0.3) is 0 Å². The number of aromatic hydroxyl groups is 1. The van der Waals surface area contributed by atoms with Crippen LogP contribution >= 0.6 is 0 Å². The third-order valence-corrected chi connectivity index (χ3v) is 7.70. The van der Waals surface area contributed by atoms with Crippen molar-refractivity contribution in [3.63, 3.8) is 0 Å². The van der Waals surface area contributed by atoms with E-state index in [0.29, 0.717) is 16.0 Å². The number of phenols is 1. The van der Waals surface area contributed by atoms with Crippen molar-refractivity contribution in [1.29, 1.82) is 0 Å². The Hall–Kier alpha value is -3.60. The first-order valence-corrected chi connectivity index (χ1v) is 13.7. The topological polar surface area (TPSA) is 119 Å². The summed E-state index contributed by atoms with van der Waals surface area (Å²) in [6, 6.07) is 5.27. The van der Waals surface area contributed by atoms with Crippen molar-refractivity contribution in [3.05, 3.63) is 64.5 Å². The molecule has 0 radical (unpaired) electrons. The number of alkyl halides is 2. The average Bonchev–Trinajstić information content (AvgIpc) is 3.06. The van der Waals surface area contributed by atoms with Crippen molar-refractivity contribution in [1.82, 2.24) is 15.5 Å². The van der Waals surface area contributed by atoms with Gasteiger partial charge in [-0.1, -0.05) is 46.8 Å². The Kier molecular flexibility index (Phi) is 9.36. The number of amides is 3. The number of aliphatic hydroxyl groups excluding tert-OH is 1. The van der Waals surface area contributed by atoms with Gasteiger partial charge in [0.25, 0.3) is 17.7 Å². The minimum Gasteiger partial charge on any atom is -0.508 e. The van der Waals surface area contributed by atoms with E-state index in [-0.39, 0.29) is 35.3 Å². The lowest BCUT2D eigenvalue weighted by molar-refractivity contribution is -0.148. The first kappa shape index (κ1) is 32.9. The number of likely N-dealkylation sites (tertiary alicyclic amines) is 1. The van der Waals surface area contributed by atoms with Crippen molar-refractivity contribution in [2.24, 2.45) is 10.8 Å². The zero-order valence-electron chi connectivity index (χ0n) is 25.0. The summed E-state index contributed by atoms with van der Waals surface area (Å²) in [5.74, 6) is -6.90. The molecule has 0 bridgehead atoms. The largest absolute Gasteiger partial charge is 0.508 e. The second kappa shape index (κ2) is 11.9. The molecular weight excluding hydrogens is 551 g/mol. The van der Waals surface area contributed by atoms with E-state index in [2.05, 4.69) is 10.6 Å². The zero-order chi connectivity index (χ0) is 31.8. The molecule has 3 atom stereocenters. The van der Waals surface area contributed by atoms with Crippen LogP contribution in [0, 0.1) is 30.5 Å². The molecule has 0 unspecified atom stereocenters. The lowest BCUT2D eigenvalue weighted by Crippen LogP contribution is -2.58. The molecule has 2 aromatic rings. The molecule has 1 aliphatic heterocycles. The molecule has 1 fully saturated rings. The molecule has 230 valence electrons. The molecule has 42 heavy (non-hydrogen) atoms. The van der Waals surface area contributed by atoms with Crippen molar-refractivity contribution in [3.8, 4) is 5.75 Å². The highest BCUT2D eigenvalue weighted by atomic mass is 19.3. The third kappa shape index (κ3) is 7.06. The Balaban J connectivity index is 1.98. The van der Waals surface area contributed by atoms with Gasteiger partial charge >= 0.3 is 0 Å². The van der Waals surface area contributed by atoms with Crippen LogP contribution in [0.3, 0.4) is 0 Å². The first-order chi connectivity index (χ1) is 19.2. The molecule has 4 N–H and O–H groups in total. The van der Waals surface area contributed by atoms with Gasteiger partial charge in [-0.05, 0) is 61.1 Å². The van der Waals surface area contributed by atoms with Crippen LogP contribution in [0.15, 0.2) is 36.4 Å². The van der Waals surface area contributed by atoms with Crippen LogP contribution in [-0.4, -0.2) is 70.0 Å². The van der Waals surface area contributed by atoms with Crippen LogP contribution in [0.5, 0.6) is 5.75 Å². The van der Waals surface area contributed by atoms with E-state index in [9.17, 15) is 29.0 Å². The van der Waals surface area contributed by atoms with Crippen molar-refractivity contribution < 1.29 is 37.8 Å². The fourth-order valence-electron chi connectivity index (χ4n) is 5.04. The predicted molar refractivity (Wildman–Crippen MR) is 152 cm³/mol. The summed E-state index contributed by atoms with van der Waals surface area (Å²) < 4.78 is 44.4. The summed E-state index contributed by atoms with van der Waals surface area (Å²) in [7, 11) is 0. The molecule has 1 heterocycles. The average molecular weight is 592 g/mol. The summed E-state index contributed by atoms with van der Waals surface area (Å²) >= 11 is 0. The fraction of sp³-hybridized carbons (Fsp3) is 0.516. The Morgan fingerprint density at radius 3 is 2.36 bits per heavy atom. The molecular formula is C31H40F3N3O5. The number of rotatable bonds is 8. The highest BCUT2D eigenvalue weighted by Gasteiger charge is 2.64. The molecule has 2 aromatic carbocycles. The minimum atomic E-state index is -3.47. The number of carbonyl (C=O) groups excluding carboxylic acids is 3. The number of hydrogen-bond donors (Lipinski definition) is 4. The number of hydrogen-bond acceptors (Lipinski definition) is 5. The maximum absolute atomic E-state index is 15.2. The number of halogens is 3. The highest BCUT2D eigenvalue weighted by molar-refractivity contribution is 5.97. The second-order valence-electron chi connectivity index (χ2n) is 12.9. The number of aryl methyl sites for hydroxylation is 1. The number of phenolic OH excluding ortho intramolecular Hbond substituents is 1. The molecule has 0 aromatic heterocycles. The van der Waals surface area contributed by atoms with Crippen LogP contribution in [0.1, 0.15) is 61.7 Å². The number of nitrogens with zero attached hydrogens (tertiary/aromatic N) is 1. The van der Waals surface area contributed by atoms with Gasteiger partial charge in [0.2, 0.25) is 5.91 Å². The van der Waals surface area contributed by atoms with E-state index in [1.807, 2.05) is 20.8 Å². The van der Waals surface area contributed by atoms with E-state index >= 15 is 8.78 Å². The maximum atomic E-state index is 15.2. The zero-order valence-corrected chi connectivity index (χ0v) is 25.0. The first-order valence-electron chi connectivity index (χ1n) is 13.7. The van der Waals surface area contributed by atoms with E-state index < -0.39 is 59.6 Å². The lowest BCUT2D eigenvalue weighted by Gasteiger charge is -2.35. The predicted octanol–water partition coefficient (Wildman–Crippen LogP) is 3.88. The summed E-state index contributed by atoms with van der Waals surface area (Å²) in [5, 5.41) is 26.7. The van der Waals surface area contributed by atoms with E-state index in [0.717, 1.165) is 6.07 Å². The molecule has 11 heteroatoms. The molecule has 3 amide bonds. The van der Waals surface area contributed by atoms with Crippen LogP contribution < -0.4 is 10.6 Å². The monoisotopic (exact) mass is 591 g/mol. The third-order valence-electron chi connectivity index (χ3n) is 7.70. The molecule has 3 rings (SSSR count). The molecule has 1 aliphatic rings. The van der Waals surface area contributed by atoms with Gasteiger partial charge in [0.15, 0.2) is 6.10 Å². The van der Waals surface area contributed by atoms with Gasteiger partial charge in [0.05, 0.1) is 18.0 Å². The number of aliphatic hydroxyl groups is 1. The van der Waals surface area contributed by atoms with Gasteiger partial charge in [-0.2, -0.15) is 0 Å². The SMILES string of the molecule is Cc1cc(O)c(C)c(C(=O)N[C@@H](Cc2cccc(F)c2)[C@H](O)C(=O)N2CC(F)(F)C(C)(C)[C@H]2C(=O)NCC(C)(C)C)c1. The normalized spacial score (nSPS) is 19.2. The number of nitrogens with one attached hydrogen (secondary N) is 2. The number of benzene rings is 2. The summed E-state index contributed by atoms with van der Waals surface area (Å²) in [4.78, 5) is 41.0. The maximum Gasteiger partial charge on any atom is 0.272 e. The lowest BCUT2D eigenvalue weighted by atomic mass is 9.81. The molecule has 0 saturated carbocycles. The Labute approximate surface area is 244 Å². The quantitative estimate of drug-likeness (QED) is 0.372. The van der Waals surface area contributed by atoms with E-state index in [4.69, 9.17) is 0 Å². The van der Waals surface area contributed by atoms with Gasteiger partial charge in [-0.15, -0.1) is 0 Å². The molecule has 0 spiro atoms. The standard InChI is InChI=1S/C31H40F3N3O5/c1-17-11-21(18(2)23(38)12-17)26(40)36-22(14-19-9-8-10-20(32)13-19)24(39)28(42)37-16-31(33,34)30(6,7)25(37)27(41)35-15-29(3,4)5/h8-13,22,24-25,38-39H,14-16H2,1-7H3,(H,35,41)(H,36,40)/t22-,24-,25+/m0/s1. The van der Waals surface area contributed by atoms with Crippen molar-refractivity contribution >= 4 is 17.7 Å². The fourth-order valence-corrected chi connectivity index (χ4v) is 5.04. The molecule has 0 aliphatic carbocycles. The summed E-state index contributed by atoms with van der Waals surface area (Å²) in [5.41, 5.74) is -1.11. The van der Waals surface area contributed by atoms with Crippen LogP contribution in [0.4, 0.5) is 13.2 Å². The Morgan fingerprint density at radius 2 is 1.76 bits per heavy atom. The van der Waals surface area contributed by atoms with Gasteiger partial charge in [-0.25, -0.2) is 13.2 Å². The van der Waals surface area contributed by atoms with Crippen molar-refractivity contribution in [2.45, 2.75) is 79.0 Å². The number of carbonyl (C=O) groups is 3.